The molecule has 0 saturated heterocycles. The number of thioether (sulfide) groups is 1. The van der Waals surface area contributed by atoms with Crippen molar-refractivity contribution >= 4 is 23.4 Å². The van der Waals surface area contributed by atoms with E-state index in [0.717, 1.165) is 23.3 Å². The summed E-state index contributed by atoms with van der Waals surface area (Å²) >= 11 is 1.49. The van der Waals surface area contributed by atoms with Gasteiger partial charge < -0.3 is 10.2 Å². The van der Waals surface area contributed by atoms with E-state index in [4.69, 9.17) is 4.84 Å². The van der Waals surface area contributed by atoms with Crippen LogP contribution in [-0.4, -0.2) is 17.4 Å². The van der Waals surface area contributed by atoms with Crippen molar-refractivity contribution in [3.8, 4) is 0 Å². The summed E-state index contributed by atoms with van der Waals surface area (Å²) in [5, 5.41) is 6.94. The van der Waals surface area contributed by atoms with Gasteiger partial charge >= 0.3 is 0 Å². The molecule has 0 aliphatic carbocycles. The number of hydrogen-bond acceptors (Lipinski definition) is 4. The SMILES string of the molecule is O=C(NC1CCSc2c(F)cccc21)C1=NOC(c2ccccc2)C1. The van der Waals surface area contributed by atoms with Crippen molar-refractivity contribution in [3.05, 3.63) is 65.5 Å². The lowest BCUT2D eigenvalue weighted by atomic mass is 10.0. The Bertz CT molecular complexity index is 825. The maximum absolute atomic E-state index is 13.9. The average Bonchev–Trinajstić information content (AvgIpc) is 3.14. The third-order valence-electron chi connectivity index (χ3n) is 4.43. The summed E-state index contributed by atoms with van der Waals surface area (Å²) < 4.78 is 13.9. The van der Waals surface area contributed by atoms with Gasteiger partial charge in [0.25, 0.3) is 5.91 Å². The number of rotatable bonds is 3. The van der Waals surface area contributed by atoms with Crippen LogP contribution in [0.2, 0.25) is 0 Å². The van der Waals surface area contributed by atoms with E-state index in [-0.39, 0.29) is 23.9 Å². The van der Waals surface area contributed by atoms with Crippen molar-refractivity contribution in [2.24, 2.45) is 5.16 Å². The highest BCUT2D eigenvalue weighted by Crippen LogP contribution is 2.38. The van der Waals surface area contributed by atoms with Gasteiger partial charge in [-0.3, -0.25) is 4.79 Å². The Labute approximate surface area is 149 Å². The summed E-state index contributed by atoms with van der Waals surface area (Å²) in [5.74, 6) is 0.298. The molecule has 1 amide bonds. The number of nitrogens with one attached hydrogen (secondary N) is 1. The van der Waals surface area contributed by atoms with Gasteiger partial charge in [-0.05, 0) is 23.6 Å². The molecule has 2 aliphatic rings. The lowest BCUT2D eigenvalue weighted by molar-refractivity contribution is -0.115. The van der Waals surface area contributed by atoms with Crippen LogP contribution in [0.15, 0.2) is 58.6 Å². The van der Waals surface area contributed by atoms with Gasteiger partial charge in [-0.2, -0.15) is 0 Å². The monoisotopic (exact) mass is 356 g/mol. The molecule has 0 fully saturated rings. The minimum absolute atomic E-state index is 0.196. The topological polar surface area (TPSA) is 50.7 Å². The Hall–Kier alpha value is -2.34. The maximum Gasteiger partial charge on any atom is 0.269 e. The van der Waals surface area contributed by atoms with Gasteiger partial charge in [0.05, 0.1) is 6.04 Å². The first-order valence-corrected chi connectivity index (χ1v) is 9.20. The largest absolute Gasteiger partial charge is 0.387 e. The molecule has 6 heteroatoms. The predicted molar refractivity (Wildman–Crippen MR) is 94.9 cm³/mol. The normalized spacial score (nSPS) is 21.9. The average molecular weight is 356 g/mol. The summed E-state index contributed by atoms with van der Waals surface area (Å²) in [4.78, 5) is 18.6. The summed E-state index contributed by atoms with van der Waals surface area (Å²) in [6.45, 7) is 0. The molecule has 0 bridgehead atoms. The second-order valence-corrected chi connectivity index (χ2v) is 7.17. The van der Waals surface area contributed by atoms with Crippen LogP contribution < -0.4 is 5.32 Å². The Kier molecular flexibility index (Phi) is 4.44. The van der Waals surface area contributed by atoms with Crippen molar-refractivity contribution in [1.82, 2.24) is 5.32 Å². The Morgan fingerprint density at radius 3 is 2.88 bits per heavy atom. The van der Waals surface area contributed by atoms with Crippen LogP contribution in [0.4, 0.5) is 4.39 Å². The molecule has 128 valence electrons. The van der Waals surface area contributed by atoms with Crippen LogP contribution in [0.25, 0.3) is 0 Å². The molecule has 2 atom stereocenters. The highest BCUT2D eigenvalue weighted by atomic mass is 32.2. The van der Waals surface area contributed by atoms with Gasteiger partial charge in [0.15, 0.2) is 6.10 Å². The van der Waals surface area contributed by atoms with E-state index < -0.39 is 0 Å². The number of benzene rings is 2. The van der Waals surface area contributed by atoms with E-state index in [1.54, 1.807) is 6.07 Å². The molecule has 2 aromatic rings. The lowest BCUT2D eigenvalue weighted by Crippen LogP contribution is -2.35. The van der Waals surface area contributed by atoms with Crippen LogP contribution in [0.1, 0.15) is 36.1 Å². The highest BCUT2D eigenvalue weighted by Gasteiger charge is 2.30. The molecule has 2 unspecified atom stereocenters. The highest BCUT2D eigenvalue weighted by molar-refractivity contribution is 7.99. The van der Waals surface area contributed by atoms with E-state index in [1.807, 2.05) is 36.4 Å². The van der Waals surface area contributed by atoms with E-state index in [9.17, 15) is 9.18 Å². The predicted octanol–water partition coefficient (Wildman–Crippen LogP) is 4.00. The molecule has 0 aromatic heterocycles. The number of halogens is 1. The van der Waals surface area contributed by atoms with Crippen molar-refractivity contribution in [1.29, 1.82) is 0 Å². The summed E-state index contributed by atoms with van der Waals surface area (Å²) in [7, 11) is 0. The van der Waals surface area contributed by atoms with Crippen molar-refractivity contribution in [2.75, 3.05) is 5.75 Å². The molecule has 0 saturated carbocycles. The zero-order valence-corrected chi connectivity index (χ0v) is 14.3. The number of carbonyl (C=O) groups is 1. The van der Waals surface area contributed by atoms with Gasteiger partial charge in [-0.15, -0.1) is 11.8 Å². The fourth-order valence-corrected chi connectivity index (χ4v) is 4.28. The van der Waals surface area contributed by atoms with Gasteiger partial charge in [-0.25, -0.2) is 4.39 Å². The molecular weight excluding hydrogens is 339 g/mol. The van der Waals surface area contributed by atoms with Crippen molar-refractivity contribution < 1.29 is 14.0 Å². The van der Waals surface area contributed by atoms with Gasteiger partial charge in [0, 0.05) is 17.1 Å². The van der Waals surface area contributed by atoms with Crippen LogP contribution >= 0.6 is 11.8 Å². The van der Waals surface area contributed by atoms with Gasteiger partial charge in [-0.1, -0.05) is 47.6 Å². The standard InChI is InChI=1S/C19H17FN2O2S/c20-14-8-4-7-13-15(9-10-25-18(13)14)21-19(23)16-11-17(24-22-16)12-5-2-1-3-6-12/h1-8,15,17H,9-11H2,(H,21,23). The molecule has 4 rings (SSSR count). The summed E-state index contributed by atoms with van der Waals surface area (Å²) in [5.41, 5.74) is 2.21. The molecule has 0 spiro atoms. The molecule has 2 aromatic carbocycles. The first kappa shape index (κ1) is 16.1. The van der Waals surface area contributed by atoms with Gasteiger partial charge in [0.1, 0.15) is 11.5 Å². The minimum Gasteiger partial charge on any atom is -0.387 e. The molecule has 25 heavy (non-hydrogen) atoms. The van der Waals surface area contributed by atoms with Crippen LogP contribution in [0.5, 0.6) is 0 Å². The molecule has 2 heterocycles. The smallest absolute Gasteiger partial charge is 0.269 e. The van der Waals surface area contributed by atoms with E-state index in [0.29, 0.717) is 17.0 Å². The number of oxime groups is 1. The van der Waals surface area contributed by atoms with E-state index in [1.165, 1.54) is 17.8 Å². The zero-order chi connectivity index (χ0) is 17.2. The molecule has 0 radical (unpaired) electrons. The van der Waals surface area contributed by atoms with Crippen LogP contribution in [0, 0.1) is 5.82 Å². The maximum atomic E-state index is 13.9. The number of hydrogen-bond donors (Lipinski definition) is 1. The lowest BCUT2D eigenvalue weighted by Gasteiger charge is -2.26. The number of nitrogens with zero attached hydrogens (tertiary/aromatic N) is 1. The minimum atomic E-state index is -0.245. The molecule has 2 aliphatic heterocycles. The van der Waals surface area contributed by atoms with Crippen LogP contribution in [-0.2, 0) is 9.63 Å². The Morgan fingerprint density at radius 1 is 1.20 bits per heavy atom. The van der Waals surface area contributed by atoms with Crippen LogP contribution in [0.3, 0.4) is 0 Å². The summed E-state index contributed by atoms with van der Waals surface area (Å²) in [6, 6.07) is 14.5. The first-order valence-electron chi connectivity index (χ1n) is 8.22. The Morgan fingerprint density at radius 2 is 2.04 bits per heavy atom. The fourth-order valence-electron chi connectivity index (χ4n) is 3.14. The molecular formula is C19H17FN2O2S. The first-order chi connectivity index (χ1) is 12.2. The third kappa shape index (κ3) is 3.26. The fraction of sp³-hybridized carbons (Fsp3) is 0.263. The van der Waals surface area contributed by atoms with Gasteiger partial charge in [0.2, 0.25) is 0 Å². The molecule has 1 N–H and O–H groups in total. The second kappa shape index (κ2) is 6.88. The van der Waals surface area contributed by atoms with E-state index in [2.05, 4.69) is 10.5 Å². The van der Waals surface area contributed by atoms with E-state index >= 15 is 0 Å². The third-order valence-corrected chi connectivity index (χ3v) is 5.59. The molecule has 4 nitrogen and oxygen atoms in total. The number of fused-ring (bicyclic) bond motifs is 1. The number of carbonyl (C=O) groups excluding carboxylic acids is 1. The quantitative estimate of drug-likeness (QED) is 0.904. The Balaban J connectivity index is 1.45. The van der Waals surface area contributed by atoms with Crippen molar-refractivity contribution in [2.45, 2.75) is 29.9 Å². The number of amides is 1. The second-order valence-electron chi connectivity index (χ2n) is 6.07. The zero-order valence-electron chi connectivity index (χ0n) is 13.4. The summed E-state index contributed by atoms with van der Waals surface area (Å²) in [6.07, 6.45) is 0.977. The van der Waals surface area contributed by atoms with Crippen molar-refractivity contribution in [3.63, 3.8) is 0 Å².